The van der Waals surface area contributed by atoms with E-state index < -0.39 is 72.6 Å². The average Bonchev–Trinajstić information content (AvgIpc) is 2.87. The molecule has 0 aliphatic carbocycles. The van der Waals surface area contributed by atoms with Crippen molar-refractivity contribution in [2.24, 2.45) is 27.9 Å². The number of guanidine groups is 1. The number of primary amides is 1. The number of hydrogen-bond donors (Lipinski definition) is 9. The molecule has 1 aromatic carbocycles. The molecule has 40 heavy (non-hydrogen) atoms. The number of nitrogens with two attached hydrogens (primary N) is 4. The lowest BCUT2D eigenvalue weighted by Crippen LogP contribution is -2.57. The molecule has 0 fully saturated rings. The van der Waals surface area contributed by atoms with E-state index in [0.29, 0.717) is 0 Å². The summed E-state index contributed by atoms with van der Waals surface area (Å²) in [5.74, 6) is -6.55. The van der Waals surface area contributed by atoms with Gasteiger partial charge in [0.25, 0.3) is 0 Å². The first-order valence-corrected chi connectivity index (χ1v) is 12.3. The fourth-order valence-electron chi connectivity index (χ4n) is 3.49. The average molecular weight is 565 g/mol. The zero-order chi connectivity index (χ0) is 30.2. The van der Waals surface area contributed by atoms with E-state index in [1.807, 2.05) is 0 Å². The molecule has 13 N–H and O–H groups in total. The second kappa shape index (κ2) is 17.0. The Morgan fingerprint density at radius 3 is 1.88 bits per heavy atom. The Kier molecular flexibility index (Phi) is 14.1. The van der Waals surface area contributed by atoms with E-state index >= 15 is 0 Å². The molecular formula is C24H36N8O8. The number of rotatable bonds is 18. The Balaban J connectivity index is 3.06. The summed E-state index contributed by atoms with van der Waals surface area (Å²) in [7, 11) is 0. The van der Waals surface area contributed by atoms with Gasteiger partial charge in [-0.2, -0.15) is 0 Å². The molecule has 4 unspecified atom stereocenters. The molecule has 0 saturated carbocycles. The number of carboxylic acids is 2. The van der Waals surface area contributed by atoms with Crippen LogP contribution in [0.25, 0.3) is 0 Å². The van der Waals surface area contributed by atoms with Gasteiger partial charge in [-0.15, -0.1) is 0 Å². The second-order valence-electron chi connectivity index (χ2n) is 8.87. The van der Waals surface area contributed by atoms with Crippen LogP contribution >= 0.6 is 0 Å². The monoisotopic (exact) mass is 564 g/mol. The summed E-state index contributed by atoms with van der Waals surface area (Å²) in [6.45, 7) is 0.0686. The van der Waals surface area contributed by atoms with Crippen molar-refractivity contribution < 1.29 is 39.0 Å². The van der Waals surface area contributed by atoms with Crippen molar-refractivity contribution in [1.82, 2.24) is 16.0 Å². The van der Waals surface area contributed by atoms with E-state index in [0.717, 1.165) is 5.56 Å². The van der Waals surface area contributed by atoms with Crippen LogP contribution in [0.1, 0.15) is 37.7 Å². The van der Waals surface area contributed by atoms with Crippen LogP contribution in [0.4, 0.5) is 0 Å². The Bertz CT molecular complexity index is 1080. The maximum absolute atomic E-state index is 13.1. The molecule has 1 rings (SSSR count). The van der Waals surface area contributed by atoms with Gasteiger partial charge in [-0.1, -0.05) is 30.3 Å². The van der Waals surface area contributed by atoms with Crippen molar-refractivity contribution in [1.29, 1.82) is 0 Å². The number of carboxylic acid groups (broad SMARTS) is 2. The van der Waals surface area contributed by atoms with Gasteiger partial charge in [-0.05, 0) is 31.2 Å². The minimum Gasteiger partial charge on any atom is -0.481 e. The number of aliphatic carboxylic acids is 2. The van der Waals surface area contributed by atoms with E-state index in [9.17, 15) is 33.9 Å². The normalized spacial score (nSPS) is 13.5. The van der Waals surface area contributed by atoms with Gasteiger partial charge >= 0.3 is 11.9 Å². The Morgan fingerprint density at radius 1 is 0.800 bits per heavy atom. The molecule has 4 atom stereocenters. The van der Waals surface area contributed by atoms with Gasteiger partial charge in [0.1, 0.15) is 18.1 Å². The second-order valence-corrected chi connectivity index (χ2v) is 8.87. The number of benzene rings is 1. The first kappa shape index (κ1) is 33.3. The van der Waals surface area contributed by atoms with Crippen molar-refractivity contribution >= 4 is 41.5 Å². The Labute approximate surface area is 229 Å². The summed E-state index contributed by atoms with van der Waals surface area (Å²) in [4.78, 5) is 76.4. The highest BCUT2D eigenvalue weighted by molar-refractivity contribution is 5.95. The first-order valence-electron chi connectivity index (χ1n) is 12.3. The SMILES string of the molecule is NC(=O)CC(NC(=O)C(CCCN=C(N)N)NC(=O)C(CCC(=O)O)NC(=O)C(N)Cc1ccccc1)C(=O)O. The van der Waals surface area contributed by atoms with E-state index in [2.05, 4.69) is 20.9 Å². The summed E-state index contributed by atoms with van der Waals surface area (Å²) in [5.41, 5.74) is 22.4. The van der Waals surface area contributed by atoms with Crippen molar-refractivity contribution in [2.75, 3.05) is 6.54 Å². The first-order chi connectivity index (χ1) is 18.8. The van der Waals surface area contributed by atoms with E-state index in [4.69, 9.17) is 28.0 Å². The standard InChI is InChI=1S/C24H36N8O8/c25-14(11-13-5-2-1-3-6-13)20(36)30-16(8-9-19(34)35)22(38)31-15(7-4-10-29-24(27)28)21(37)32-17(23(39)40)12-18(26)33/h1-3,5-6,14-17H,4,7-12,25H2,(H2,26,33)(H,30,36)(H,31,38)(H,32,37)(H,34,35)(H,39,40)(H4,27,28,29). The molecule has 4 amide bonds. The van der Waals surface area contributed by atoms with Gasteiger partial charge in [-0.3, -0.25) is 29.0 Å². The third-order valence-electron chi connectivity index (χ3n) is 5.51. The molecule has 0 aromatic heterocycles. The zero-order valence-corrected chi connectivity index (χ0v) is 21.7. The summed E-state index contributed by atoms with van der Waals surface area (Å²) >= 11 is 0. The van der Waals surface area contributed by atoms with E-state index in [-0.39, 0.29) is 38.2 Å². The predicted octanol–water partition coefficient (Wildman–Crippen LogP) is -3.11. The lowest BCUT2D eigenvalue weighted by Gasteiger charge is -2.25. The molecule has 0 saturated heterocycles. The fraction of sp³-hybridized carbons (Fsp3) is 0.458. The third kappa shape index (κ3) is 13.2. The van der Waals surface area contributed by atoms with Crippen LogP contribution in [-0.4, -0.2) is 82.5 Å². The molecule has 16 nitrogen and oxygen atoms in total. The van der Waals surface area contributed by atoms with Crippen molar-refractivity contribution in [3.63, 3.8) is 0 Å². The Hall–Kier alpha value is -4.73. The minimum atomic E-state index is -1.67. The van der Waals surface area contributed by atoms with Crippen LogP contribution in [0.5, 0.6) is 0 Å². The highest BCUT2D eigenvalue weighted by atomic mass is 16.4. The molecule has 0 aliphatic rings. The number of carbonyl (C=O) groups excluding carboxylic acids is 4. The number of hydrogen-bond acceptors (Lipinski definition) is 8. The van der Waals surface area contributed by atoms with Gasteiger partial charge in [0, 0.05) is 13.0 Å². The maximum Gasteiger partial charge on any atom is 0.326 e. The van der Waals surface area contributed by atoms with Crippen LogP contribution < -0.4 is 38.9 Å². The molecular weight excluding hydrogens is 528 g/mol. The molecule has 0 heterocycles. The maximum atomic E-state index is 13.1. The summed E-state index contributed by atoms with van der Waals surface area (Å²) < 4.78 is 0. The van der Waals surface area contributed by atoms with Gasteiger partial charge in [0.05, 0.1) is 12.5 Å². The minimum absolute atomic E-state index is 0.0686. The van der Waals surface area contributed by atoms with Crippen LogP contribution in [0.15, 0.2) is 35.3 Å². The van der Waals surface area contributed by atoms with Crippen LogP contribution in [0.3, 0.4) is 0 Å². The molecule has 16 heteroatoms. The molecule has 0 radical (unpaired) electrons. The van der Waals surface area contributed by atoms with Crippen molar-refractivity contribution in [3.8, 4) is 0 Å². The lowest BCUT2D eigenvalue weighted by atomic mass is 10.0. The quantitative estimate of drug-likeness (QED) is 0.0488. The summed E-state index contributed by atoms with van der Waals surface area (Å²) in [6, 6.07) is 3.35. The van der Waals surface area contributed by atoms with Crippen molar-refractivity contribution in [3.05, 3.63) is 35.9 Å². The zero-order valence-electron chi connectivity index (χ0n) is 21.7. The summed E-state index contributed by atoms with van der Waals surface area (Å²) in [6.07, 6.45) is -1.29. The molecule has 0 bridgehead atoms. The molecule has 0 aliphatic heterocycles. The number of aliphatic imine (C=N–C) groups is 1. The van der Waals surface area contributed by atoms with Crippen LogP contribution in [0, 0.1) is 0 Å². The van der Waals surface area contributed by atoms with E-state index in [1.54, 1.807) is 30.3 Å². The third-order valence-corrected chi connectivity index (χ3v) is 5.51. The largest absolute Gasteiger partial charge is 0.481 e. The topological polar surface area (TPSA) is 295 Å². The van der Waals surface area contributed by atoms with E-state index in [1.165, 1.54) is 0 Å². The number of nitrogens with zero attached hydrogens (tertiary/aromatic N) is 1. The van der Waals surface area contributed by atoms with Crippen LogP contribution in [0.2, 0.25) is 0 Å². The smallest absolute Gasteiger partial charge is 0.326 e. The van der Waals surface area contributed by atoms with Crippen LogP contribution in [-0.2, 0) is 35.2 Å². The van der Waals surface area contributed by atoms with Gasteiger partial charge in [0.15, 0.2) is 5.96 Å². The molecule has 220 valence electrons. The predicted molar refractivity (Wildman–Crippen MR) is 142 cm³/mol. The Morgan fingerprint density at radius 2 is 1.35 bits per heavy atom. The molecule has 1 aromatic rings. The van der Waals surface area contributed by atoms with Gasteiger partial charge in [0.2, 0.25) is 23.6 Å². The highest BCUT2D eigenvalue weighted by Crippen LogP contribution is 2.07. The lowest BCUT2D eigenvalue weighted by molar-refractivity contribution is -0.143. The highest BCUT2D eigenvalue weighted by Gasteiger charge is 2.31. The fourth-order valence-corrected chi connectivity index (χ4v) is 3.49. The van der Waals surface area contributed by atoms with Gasteiger partial charge in [-0.25, -0.2) is 4.79 Å². The summed E-state index contributed by atoms with van der Waals surface area (Å²) in [5, 5.41) is 25.4. The molecule has 0 spiro atoms. The number of nitrogens with one attached hydrogen (secondary N) is 3. The number of amides is 4. The number of carbonyl (C=O) groups is 6. The van der Waals surface area contributed by atoms with Crippen molar-refractivity contribution in [2.45, 2.75) is 62.7 Å². The van der Waals surface area contributed by atoms with Gasteiger partial charge < -0.3 is 49.1 Å².